The van der Waals surface area contributed by atoms with E-state index in [0.717, 1.165) is 10.1 Å². The van der Waals surface area contributed by atoms with Gasteiger partial charge >= 0.3 is 5.69 Å². The molecule has 228 valence electrons. The topological polar surface area (TPSA) is 123 Å². The second kappa shape index (κ2) is 12.4. The van der Waals surface area contributed by atoms with Crippen LogP contribution in [0.25, 0.3) is 21.0 Å². The van der Waals surface area contributed by atoms with Crippen molar-refractivity contribution < 1.29 is 23.5 Å². The number of nitrogens with zero attached hydrogens (tertiary/aromatic N) is 3. The molecule has 3 aromatic heterocycles. The fraction of sp³-hybridized carbons (Fsp3) is 0.469. The van der Waals surface area contributed by atoms with Gasteiger partial charge in [0.2, 0.25) is 5.89 Å². The molecular weight excluding hydrogens is 570 g/mol. The minimum atomic E-state index is -1.39. The Kier molecular flexibility index (Phi) is 8.84. The Morgan fingerprint density at radius 3 is 2.56 bits per heavy atom. The lowest BCUT2D eigenvalue weighted by Gasteiger charge is -2.30. The van der Waals surface area contributed by atoms with E-state index in [9.17, 15) is 19.2 Å². The number of aromatic nitrogens is 3. The van der Waals surface area contributed by atoms with Crippen LogP contribution in [0.4, 0.5) is 0 Å². The van der Waals surface area contributed by atoms with E-state index < -0.39 is 22.9 Å². The van der Waals surface area contributed by atoms with Crippen LogP contribution in [0.3, 0.4) is 0 Å². The molecule has 0 saturated heterocycles. The van der Waals surface area contributed by atoms with Gasteiger partial charge in [-0.15, -0.1) is 11.3 Å². The van der Waals surface area contributed by atoms with Crippen LogP contribution >= 0.6 is 11.3 Å². The van der Waals surface area contributed by atoms with E-state index >= 15 is 0 Å². The summed E-state index contributed by atoms with van der Waals surface area (Å²) in [5.74, 6) is 0.948. The number of carbonyl (C=O) groups excluding carboxylic acids is 2. The summed E-state index contributed by atoms with van der Waals surface area (Å²) in [6.07, 6.45) is 5.00. The van der Waals surface area contributed by atoms with E-state index in [4.69, 9.17) is 13.9 Å². The number of para-hydroxylation sites is 1. The SMILES string of the molecule is CCCC(=O)C(C)(C)n1c(=O)c2c(C)c(-c3ncco3)sc2n(C[C@H](OC2CCC(=O)CC2)c2ccccc2OC)c1=O. The van der Waals surface area contributed by atoms with E-state index in [1.807, 2.05) is 31.2 Å². The molecule has 11 heteroatoms. The minimum Gasteiger partial charge on any atom is -0.496 e. The van der Waals surface area contributed by atoms with Crippen molar-refractivity contribution >= 4 is 33.1 Å². The number of rotatable bonds is 11. The molecule has 10 nitrogen and oxygen atoms in total. The monoisotopic (exact) mass is 607 g/mol. The number of hydrogen-bond acceptors (Lipinski definition) is 9. The first-order valence-corrected chi connectivity index (χ1v) is 15.4. The van der Waals surface area contributed by atoms with Crippen LogP contribution < -0.4 is 16.0 Å². The largest absolute Gasteiger partial charge is 0.496 e. The van der Waals surface area contributed by atoms with Crippen LogP contribution in [0.5, 0.6) is 5.75 Å². The van der Waals surface area contributed by atoms with Crippen molar-refractivity contribution in [3.05, 3.63) is 68.7 Å². The number of ketones is 2. The van der Waals surface area contributed by atoms with E-state index in [-0.39, 0.29) is 30.6 Å². The molecule has 0 N–H and O–H groups in total. The molecule has 0 amide bonds. The summed E-state index contributed by atoms with van der Waals surface area (Å²) in [5, 5.41) is 0.331. The first-order valence-electron chi connectivity index (χ1n) is 14.6. The number of hydrogen-bond donors (Lipinski definition) is 0. The molecule has 0 unspecified atom stereocenters. The average molecular weight is 608 g/mol. The summed E-state index contributed by atoms with van der Waals surface area (Å²) in [5.41, 5.74) is -1.16. The zero-order valence-electron chi connectivity index (χ0n) is 25.2. The third kappa shape index (κ3) is 5.75. The Labute approximate surface area is 253 Å². The van der Waals surface area contributed by atoms with Gasteiger partial charge in [-0.3, -0.25) is 19.0 Å². The van der Waals surface area contributed by atoms with Crippen molar-refractivity contribution in [2.45, 2.75) is 90.5 Å². The number of fused-ring (bicyclic) bond motifs is 1. The zero-order chi connectivity index (χ0) is 30.9. The molecule has 0 bridgehead atoms. The summed E-state index contributed by atoms with van der Waals surface area (Å²) >= 11 is 1.25. The molecule has 4 aromatic rings. The minimum absolute atomic E-state index is 0.0451. The van der Waals surface area contributed by atoms with Gasteiger partial charge in [-0.2, -0.15) is 0 Å². The van der Waals surface area contributed by atoms with Crippen LogP contribution in [-0.4, -0.2) is 38.9 Å². The third-order valence-corrected chi connectivity index (χ3v) is 9.54. The molecule has 1 saturated carbocycles. The van der Waals surface area contributed by atoms with Crippen molar-refractivity contribution in [1.29, 1.82) is 0 Å². The molecule has 0 aliphatic heterocycles. The average Bonchev–Trinajstić information content (AvgIpc) is 3.64. The van der Waals surface area contributed by atoms with Crippen molar-refractivity contribution in [3.63, 3.8) is 0 Å². The molecule has 1 aliphatic carbocycles. The van der Waals surface area contributed by atoms with Crippen LogP contribution in [0, 0.1) is 6.92 Å². The maximum Gasteiger partial charge on any atom is 0.333 e. The number of methoxy groups -OCH3 is 1. The second-order valence-corrected chi connectivity index (χ2v) is 12.4. The van der Waals surface area contributed by atoms with Gasteiger partial charge in [-0.1, -0.05) is 25.1 Å². The highest BCUT2D eigenvalue weighted by atomic mass is 32.1. The molecule has 1 fully saturated rings. The molecule has 1 aliphatic rings. The highest BCUT2D eigenvalue weighted by Crippen LogP contribution is 2.38. The fourth-order valence-electron chi connectivity index (χ4n) is 5.79. The first kappa shape index (κ1) is 30.6. The van der Waals surface area contributed by atoms with Gasteiger partial charge in [0.05, 0.1) is 36.2 Å². The van der Waals surface area contributed by atoms with Crippen molar-refractivity contribution in [2.75, 3.05) is 7.11 Å². The van der Waals surface area contributed by atoms with Crippen LogP contribution in [-0.2, 0) is 26.4 Å². The van der Waals surface area contributed by atoms with E-state index in [2.05, 4.69) is 4.98 Å². The van der Waals surface area contributed by atoms with Gasteiger partial charge in [0, 0.05) is 24.8 Å². The fourth-order valence-corrected chi connectivity index (χ4v) is 7.03. The normalized spacial score (nSPS) is 15.2. The molecule has 5 rings (SSSR count). The Morgan fingerprint density at radius 2 is 1.91 bits per heavy atom. The van der Waals surface area contributed by atoms with Gasteiger partial charge in [0.15, 0.2) is 5.78 Å². The first-order chi connectivity index (χ1) is 20.6. The van der Waals surface area contributed by atoms with Gasteiger partial charge in [0.25, 0.3) is 5.56 Å². The van der Waals surface area contributed by atoms with Crippen LogP contribution in [0.2, 0.25) is 0 Å². The lowest BCUT2D eigenvalue weighted by atomic mass is 9.95. The third-order valence-electron chi connectivity index (χ3n) is 8.24. The maximum atomic E-state index is 14.4. The molecule has 3 heterocycles. The summed E-state index contributed by atoms with van der Waals surface area (Å²) in [7, 11) is 1.58. The lowest BCUT2D eigenvalue weighted by molar-refractivity contribution is -0.126. The predicted molar refractivity (Wildman–Crippen MR) is 164 cm³/mol. The molecule has 1 aromatic carbocycles. The van der Waals surface area contributed by atoms with Crippen molar-refractivity contribution in [1.82, 2.24) is 14.1 Å². The highest BCUT2D eigenvalue weighted by Gasteiger charge is 2.36. The smallest absolute Gasteiger partial charge is 0.333 e. The van der Waals surface area contributed by atoms with E-state index in [0.29, 0.717) is 64.4 Å². The predicted octanol–water partition coefficient (Wildman–Crippen LogP) is 5.57. The molecular formula is C32H37N3O7S. The zero-order valence-corrected chi connectivity index (χ0v) is 26.0. The molecule has 43 heavy (non-hydrogen) atoms. The van der Waals surface area contributed by atoms with E-state index in [1.54, 1.807) is 27.9 Å². The Balaban J connectivity index is 1.74. The van der Waals surface area contributed by atoms with Crippen LogP contribution in [0.15, 0.2) is 50.7 Å². The Morgan fingerprint density at radius 1 is 1.19 bits per heavy atom. The number of aryl methyl sites for hydroxylation is 1. The van der Waals surface area contributed by atoms with Crippen molar-refractivity contribution in [2.24, 2.45) is 0 Å². The summed E-state index contributed by atoms with van der Waals surface area (Å²) in [6, 6.07) is 7.46. The number of thiophene rings is 1. The number of carbonyl (C=O) groups is 2. The van der Waals surface area contributed by atoms with Crippen molar-refractivity contribution in [3.8, 4) is 16.5 Å². The summed E-state index contributed by atoms with van der Waals surface area (Å²) < 4.78 is 20.5. The Bertz CT molecular complexity index is 1750. The molecule has 0 radical (unpaired) electrons. The summed E-state index contributed by atoms with van der Waals surface area (Å²) in [4.78, 5) is 59.2. The second-order valence-electron chi connectivity index (χ2n) is 11.4. The summed E-state index contributed by atoms with van der Waals surface area (Å²) in [6.45, 7) is 6.97. The Hall–Kier alpha value is -3.83. The molecule has 1 atom stereocenters. The standard InChI is InChI=1S/C32H37N3O7S/c1-6-9-25(37)32(3,4)35-29(38)26-19(2)27(28-33-16-17-41-28)43-30(26)34(31(35)39)18-24(22-10-7-8-11-23(22)40-5)42-21-14-12-20(36)13-15-21/h7-8,10-11,16-17,21,24H,6,9,12-15,18H2,1-5H3/t24-/m0/s1. The highest BCUT2D eigenvalue weighted by molar-refractivity contribution is 7.22. The number of oxazole rings is 1. The van der Waals surface area contributed by atoms with Gasteiger partial charge in [-0.25, -0.2) is 14.3 Å². The van der Waals surface area contributed by atoms with Gasteiger partial charge < -0.3 is 13.9 Å². The van der Waals surface area contributed by atoms with E-state index in [1.165, 1.54) is 28.4 Å². The number of Topliss-reactive ketones (excluding diaryl/α,β-unsaturated/α-hetero) is 2. The van der Waals surface area contributed by atoms with Gasteiger partial charge in [-0.05, 0) is 51.7 Å². The maximum absolute atomic E-state index is 14.4. The van der Waals surface area contributed by atoms with Crippen LogP contribution in [0.1, 0.15) is 76.5 Å². The van der Waals surface area contributed by atoms with Gasteiger partial charge in [0.1, 0.15) is 34.3 Å². The number of benzene rings is 1. The quantitative estimate of drug-likeness (QED) is 0.217. The molecule has 0 spiro atoms. The number of ether oxygens (including phenoxy) is 2. The lowest BCUT2D eigenvalue weighted by Crippen LogP contribution is -2.52.